The molecule has 2 aromatic carbocycles. The Morgan fingerprint density at radius 3 is 2.63 bits per heavy atom. The zero-order valence-electron chi connectivity index (χ0n) is 16.6. The van der Waals surface area contributed by atoms with Crippen molar-refractivity contribution < 1.29 is 19.1 Å². The maximum atomic E-state index is 13.4. The molecule has 1 atom stereocenters. The maximum absolute atomic E-state index is 13.4. The molecule has 1 aliphatic heterocycles. The molecule has 0 bridgehead atoms. The van der Waals surface area contributed by atoms with Crippen LogP contribution in [0.3, 0.4) is 0 Å². The molecule has 30 heavy (non-hydrogen) atoms. The van der Waals surface area contributed by atoms with Crippen molar-refractivity contribution >= 4 is 40.0 Å². The van der Waals surface area contributed by atoms with Crippen molar-refractivity contribution in [3.05, 3.63) is 92.2 Å². The molecule has 0 saturated carbocycles. The second-order valence-corrected chi connectivity index (χ2v) is 8.20. The van der Waals surface area contributed by atoms with E-state index in [1.807, 2.05) is 49.4 Å². The molecule has 152 valence electrons. The molecule has 6 heteroatoms. The van der Waals surface area contributed by atoms with Gasteiger partial charge < -0.3 is 14.8 Å². The number of benzene rings is 2. The summed E-state index contributed by atoms with van der Waals surface area (Å²) in [5, 5.41) is 3.28. The Hall–Kier alpha value is -2.87. The molecule has 0 aromatic heterocycles. The summed E-state index contributed by atoms with van der Waals surface area (Å²) in [4.78, 5) is 26.1. The summed E-state index contributed by atoms with van der Waals surface area (Å²) in [6.45, 7) is 5.91. The Labute approximate surface area is 188 Å². The van der Waals surface area contributed by atoms with E-state index in [4.69, 9.17) is 9.47 Å². The van der Waals surface area contributed by atoms with Gasteiger partial charge in [-0.05, 0) is 47.2 Å². The van der Waals surface area contributed by atoms with Gasteiger partial charge in [-0.25, -0.2) is 4.79 Å². The molecule has 0 saturated heterocycles. The predicted octanol–water partition coefficient (Wildman–Crippen LogP) is 4.60. The first-order chi connectivity index (χ1) is 14.5. The number of esters is 1. The van der Waals surface area contributed by atoms with E-state index in [9.17, 15) is 9.59 Å². The zero-order chi connectivity index (χ0) is 21.4. The zero-order valence-corrected chi connectivity index (χ0v) is 18.8. The Morgan fingerprint density at radius 2 is 1.97 bits per heavy atom. The fraction of sp³-hybridized carbons (Fsp3) is 0.167. The van der Waals surface area contributed by atoms with Crippen LogP contribution in [0.1, 0.15) is 34.3 Å². The van der Waals surface area contributed by atoms with Gasteiger partial charge >= 0.3 is 5.97 Å². The third kappa shape index (κ3) is 3.25. The number of halogens is 1. The predicted molar refractivity (Wildman–Crippen MR) is 123 cm³/mol. The molecule has 2 aliphatic rings. The molecule has 1 aliphatic carbocycles. The molecular weight excluding hydrogens is 493 g/mol. The van der Waals surface area contributed by atoms with Crippen molar-refractivity contribution in [2.24, 2.45) is 0 Å². The summed E-state index contributed by atoms with van der Waals surface area (Å²) in [5.74, 6) is -0.337. The Bertz CT molecular complexity index is 1150. The van der Waals surface area contributed by atoms with Crippen LogP contribution in [0.25, 0.3) is 5.70 Å². The lowest BCUT2D eigenvalue weighted by atomic mass is 9.80. The first kappa shape index (κ1) is 20.4. The minimum Gasteiger partial charge on any atom is -0.488 e. The molecule has 1 N–H and O–H groups in total. The van der Waals surface area contributed by atoms with Crippen molar-refractivity contribution in [2.45, 2.75) is 12.8 Å². The van der Waals surface area contributed by atoms with E-state index in [-0.39, 0.29) is 5.78 Å². The van der Waals surface area contributed by atoms with Gasteiger partial charge in [-0.2, -0.15) is 0 Å². The Morgan fingerprint density at radius 1 is 1.23 bits per heavy atom. The average molecular weight is 513 g/mol. The number of fused-ring (bicyclic) bond motifs is 2. The fourth-order valence-corrected chi connectivity index (χ4v) is 4.70. The maximum Gasteiger partial charge on any atom is 0.336 e. The van der Waals surface area contributed by atoms with Gasteiger partial charge in [0.25, 0.3) is 0 Å². The average Bonchev–Trinajstić information content (AvgIpc) is 3.03. The molecule has 0 fully saturated rings. The summed E-state index contributed by atoms with van der Waals surface area (Å²) in [6, 6.07) is 13.2. The lowest BCUT2D eigenvalue weighted by molar-refractivity contribution is -0.136. The van der Waals surface area contributed by atoms with E-state index < -0.39 is 11.9 Å². The SMILES string of the molecule is C=CCOc1ccc([C@@H]2C(C(=O)OC)=C(C)NC3=C2C(=O)c2ccccc23)cc1I. The minimum atomic E-state index is -0.532. The molecule has 0 amide bonds. The highest BCUT2D eigenvalue weighted by atomic mass is 127. The molecule has 1 heterocycles. The van der Waals surface area contributed by atoms with E-state index in [2.05, 4.69) is 34.5 Å². The van der Waals surface area contributed by atoms with Gasteiger partial charge in [0, 0.05) is 28.3 Å². The van der Waals surface area contributed by atoms with Crippen LogP contribution in [0.5, 0.6) is 5.75 Å². The van der Waals surface area contributed by atoms with Crippen molar-refractivity contribution in [1.29, 1.82) is 0 Å². The quantitative estimate of drug-likeness (QED) is 0.360. The van der Waals surface area contributed by atoms with Gasteiger partial charge in [0.1, 0.15) is 12.4 Å². The van der Waals surface area contributed by atoms with Crippen LogP contribution in [0.4, 0.5) is 0 Å². The number of hydrogen-bond acceptors (Lipinski definition) is 5. The highest BCUT2D eigenvalue weighted by molar-refractivity contribution is 14.1. The number of dihydropyridines is 1. The first-order valence-electron chi connectivity index (χ1n) is 9.45. The topological polar surface area (TPSA) is 64.6 Å². The lowest BCUT2D eigenvalue weighted by Crippen LogP contribution is -2.29. The lowest BCUT2D eigenvalue weighted by Gasteiger charge is -2.29. The highest BCUT2D eigenvalue weighted by Crippen LogP contribution is 2.47. The fourth-order valence-electron chi connectivity index (χ4n) is 4.01. The Balaban J connectivity index is 1.88. The number of rotatable bonds is 5. The number of Topliss-reactive ketones (excluding diaryl/α,β-unsaturated/α-hetero) is 1. The van der Waals surface area contributed by atoms with E-state index in [0.29, 0.717) is 29.0 Å². The van der Waals surface area contributed by atoms with Crippen molar-refractivity contribution in [1.82, 2.24) is 5.32 Å². The van der Waals surface area contributed by atoms with Crippen LogP contribution in [0.15, 0.2) is 72.0 Å². The van der Waals surface area contributed by atoms with Gasteiger partial charge in [-0.3, -0.25) is 4.79 Å². The summed E-state index contributed by atoms with van der Waals surface area (Å²) >= 11 is 2.20. The number of carbonyl (C=O) groups is 2. The Kier molecular flexibility index (Phi) is 5.51. The third-order valence-electron chi connectivity index (χ3n) is 5.30. The summed E-state index contributed by atoms with van der Waals surface area (Å²) < 4.78 is 11.6. The molecule has 5 nitrogen and oxygen atoms in total. The number of ketones is 1. The molecule has 2 aromatic rings. The van der Waals surface area contributed by atoms with Crippen LogP contribution in [0.2, 0.25) is 0 Å². The summed E-state index contributed by atoms with van der Waals surface area (Å²) in [6.07, 6.45) is 1.68. The van der Waals surface area contributed by atoms with Gasteiger partial charge in [-0.15, -0.1) is 0 Å². The van der Waals surface area contributed by atoms with Crippen LogP contribution >= 0.6 is 22.6 Å². The molecular formula is C24H20INO4. The second kappa shape index (κ2) is 8.10. The van der Waals surface area contributed by atoms with Gasteiger partial charge in [0.2, 0.25) is 0 Å². The van der Waals surface area contributed by atoms with Crippen LogP contribution in [0, 0.1) is 3.57 Å². The van der Waals surface area contributed by atoms with E-state index in [0.717, 1.165) is 26.1 Å². The number of nitrogens with one attached hydrogen (secondary N) is 1. The van der Waals surface area contributed by atoms with Crippen LogP contribution in [-0.4, -0.2) is 25.5 Å². The second-order valence-electron chi connectivity index (χ2n) is 7.04. The molecule has 0 radical (unpaired) electrons. The van der Waals surface area contributed by atoms with Gasteiger partial charge in [0.05, 0.1) is 22.0 Å². The van der Waals surface area contributed by atoms with Crippen LogP contribution in [-0.2, 0) is 9.53 Å². The monoisotopic (exact) mass is 513 g/mol. The number of ether oxygens (including phenoxy) is 2. The molecule has 0 spiro atoms. The smallest absolute Gasteiger partial charge is 0.336 e. The van der Waals surface area contributed by atoms with Crippen molar-refractivity contribution in [3.8, 4) is 5.75 Å². The molecule has 4 rings (SSSR count). The normalized spacial score (nSPS) is 17.3. The first-order valence-corrected chi connectivity index (χ1v) is 10.5. The van der Waals surface area contributed by atoms with E-state index in [1.54, 1.807) is 6.08 Å². The van der Waals surface area contributed by atoms with Crippen LogP contribution < -0.4 is 10.1 Å². The third-order valence-corrected chi connectivity index (χ3v) is 6.14. The molecule has 0 unspecified atom stereocenters. The summed E-state index contributed by atoms with van der Waals surface area (Å²) in [5.41, 5.74) is 4.77. The largest absolute Gasteiger partial charge is 0.488 e. The van der Waals surface area contributed by atoms with Gasteiger partial charge in [-0.1, -0.05) is 43.0 Å². The van der Waals surface area contributed by atoms with E-state index >= 15 is 0 Å². The van der Waals surface area contributed by atoms with Gasteiger partial charge in [0.15, 0.2) is 5.78 Å². The highest BCUT2D eigenvalue weighted by Gasteiger charge is 2.42. The van der Waals surface area contributed by atoms with Crippen molar-refractivity contribution in [2.75, 3.05) is 13.7 Å². The van der Waals surface area contributed by atoms with E-state index in [1.165, 1.54) is 7.11 Å². The number of methoxy groups -OCH3 is 1. The standard InChI is InChI=1S/C24H20INO4/c1-4-11-30-18-10-9-14(12-17(18)25)20-19(24(28)29-3)13(2)26-22-15-7-5-6-8-16(15)23(27)21(20)22/h4-10,12,20,26H,1,11H2,2-3H3/t20-/m1/s1. The minimum absolute atomic E-state index is 0.0750. The number of allylic oxidation sites excluding steroid dienone is 2. The van der Waals surface area contributed by atoms with Crippen molar-refractivity contribution in [3.63, 3.8) is 0 Å². The number of hydrogen-bond donors (Lipinski definition) is 1. The number of carbonyl (C=O) groups excluding carboxylic acids is 2. The summed E-state index contributed by atoms with van der Waals surface area (Å²) in [7, 11) is 1.35.